The van der Waals surface area contributed by atoms with Gasteiger partial charge in [0.2, 0.25) is 0 Å². The van der Waals surface area contributed by atoms with Crippen molar-refractivity contribution in [3.63, 3.8) is 0 Å². The third-order valence-electron chi connectivity index (χ3n) is 3.85. The summed E-state index contributed by atoms with van der Waals surface area (Å²) in [6, 6.07) is 24.6. The number of para-hydroxylation sites is 1. The van der Waals surface area contributed by atoms with Crippen molar-refractivity contribution < 1.29 is 4.74 Å². The van der Waals surface area contributed by atoms with Gasteiger partial charge in [-0.05, 0) is 17.5 Å². The van der Waals surface area contributed by atoms with Crippen LogP contribution in [0.1, 0.15) is 5.56 Å². The SMILES string of the molecule is c1ccc2c(OCc3cccc4cccnc34)cccc2c1. The fourth-order valence-corrected chi connectivity index (χ4v) is 2.76. The van der Waals surface area contributed by atoms with Gasteiger partial charge in [0, 0.05) is 22.5 Å². The minimum Gasteiger partial charge on any atom is -0.488 e. The molecule has 0 amide bonds. The fourth-order valence-electron chi connectivity index (χ4n) is 2.76. The molecule has 0 aliphatic rings. The molecule has 0 N–H and O–H groups in total. The average molecular weight is 285 g/mol. The molecule has 22 heavy (non-hydrogen) atoms. The first-order valence-corrected chi connectivity index (χ1v) is 7.35. The van der Waals surface area contributed by atoms with Crippen LogP contribution in [0.2, 0.25) is 0 Å². The normalized spacial score (nSPS) is 10.9. The van der Waals surface area contributed by atoms with Gasteiger partial charge in [-0.25, -0.2) is 0 Å². The Morgan fingerprint density at radius 1 is 0.727 bits per heavy atom. The number of fused-ring (bicyclic) bond motifs is 2. The molecule has 0 aliphatic carbocycles. The van der Waals surface area contributed by atoms with Crippen LogP contribution in [0, 0.1) is 0 Å². The van der Waals surface area contributed by atoms with Gasteiger partial charge in [-0.2, -0.15) is 0 Å². The van der Waals surface area contributed by atoms with Crippen LogP contribution in [0.4, 0.5) is 0 Å². The summed E-state index contributed by atoms with van der Waals surface area (Å²) >= 11 is 0. The monoisotopic (exact) mass is 285 g/mol. The number of aromatic nitrogens is 1. The van der Waals surface area contributed by atoms with Gasteiger partial charge in [-0.3, -0.25) is 4.98 Å². The molecular formula is C20H15NO. The third-order valence-corrected chi connectivity index (χ3v) is 3.85. The van der Waals surface area contributed by atoms with E-state index >= 15 is 0 Å². The summed E-state index contributed by atoms with van der Waals surface area (Å²) in [5.41, 5.74) is 2.11. The molecule has 0 fully saturated rings. The van der Waals surface area contributed by atoms with Crippen molar-refractivity contribution in [1.82, 2.24) is 4.98 Å². The van der Waals surface area contributed by atoms with Crippen molar-refractivity contribution in [2.75, 3.05) is 0 Å². The Morgan fingerprint density at radius 2 is 1.50 bits per heavy atom. The predicted molar refractivity (Wildman–Crippen MR) is 90.0 cm³/mol. The lowest BCUT2D eigenvalue weighted by Crippen LogP contribution is -1.98. The van der Waals surface area contributed by atoms with Gasteiger partial charge in [0.05, 0.1) is 5.52 Å². The van der Waals surface area contributed by atoms with E-state index < -0.39 is 0 Å². The van der Waals surface area contributed by atoms with Gasteiger partial charge < -0.3 is 4.74 Å². The lowest BCUT2D eigenvalue weighted by molar-refractivity contribution is 0.311. The largest absolute Gasteiger partial charge is 0.488 e. The van der Waals surface area contributed by atoms with Crippen molar-refractivity contribution in [1.29, 1.82) is 0 Å². The zero-order valence-electron chi connectivity index (χ0n) is 12.1. The molecule has 3 aromatic carbocycles. The Labute approximate surface area is 129 Å². The van der Waals surface area contributed by atoms with Crippen molar-refractivity contribution in [2.24, 2.45) is 0 Å². The van der Waals surface area contributed by atoms with E-state index in [1.165, 1.54) is 5.39 Å². The van der Waals surface area contributed by atoms with Gasteiger partial charge in [0.15, 0.2) is 0 Å². The highest BCUT2D eigenvalue weighted by Crippen LogP contribution is 2.26. The number of hydrogen-bond donors (Lipinski definition) is 0. The molecule has 0 radical (unpaired) electrons. The molecule has 2 heteroatoms. The highest BCUT2D eigenvalue weighted by molar-refractivity contribution is 5.88. The summed E-state index contributed by atoms with van der Waals surface area (Å²) < 4.78 is 6.07. The molecule has 0 spiro atoms. The number of rotatable bonds is 3. The van der Waals surface area contributed by atoms with E-state index in [9.17, 15) is 0 Å². The molecule has 2 nitrogen and oxygen atoms in total. The van der Waals surface area contributed by atoms with Crippen LogP contribution in [0.5, 0.6) is 5.75 Å². The van der Waals surface area contributed by atoms with E-state index in [-0.39, 0.29) is 0 Å². The molecule has 0 saturated heterocycles. The average Bonchev–Trinajstić information content (AvgIpc) is 2.60. The first kappa shape index (κ1) is 12.8. The van der Waals surface area contributed by atoms with Crippen molar-refractivity contribution in [2.45, 2.75) is 6.61 Å². The molecule has 0 unspecified atom stereocenters. The van der Waals surface area contributed by atoms with Crippen LogP contribution >= 0.6 is 0 Å². The van der Waals surface area contributed by atoms with Gasteiger partial charge in [0.1, 0.15) is 12.4 Å². The number of pyridine rings is 1. The zero-order valence-corrected chi connectivity index (χ0v) is 12.1. The van der Waals surface area contributed by atoms with Crippen molar-refractivity contribution in [3.05, 3.63) is 84.6 Å². The Morgan fingerprint density at radius 3 is 2.50 bits per heavy atom. The maximum absolute atomic E-state index is 6.07. The van der Waals surface area contributed by atoms with Crippen LogP contribution in [-0.4, -0.2) is 4.98 Å². The second-order valence-electron chi connectivity index (χ2n) is 5.26. The molecule has 1 heterocycles. The van der Waals surface area contributed by atoms with Crippen LogP contribution in [0.25, 0.3) is 21.7 Å². The number of nitrogens with zero attached hydrogens (tertiary/aromatic N) is 1. The zero-order chi connectivity index (χ0) is 14.8. The standard InChI is InChI=1S/C20H15NO/c1-2-11-18-15(6-1)7-4-12-19(18)22-14-17-9-3-8-16-10-5-13-21-20(16)17/h1-13H,14H2. The molecule has 0 aliphatic heterocycles. The first-order valence-electron chi connectivity index (χ1n) is 7.35. The highest BCUT2D eigenvalue weighted by atomic mass is 16.5. The second kappa shape index (κ2) is 5.49. The minimum absolute atomic E-state index is 0.516. The lowest BCUT2D eigenvalue weighted by atomic mass is 10.1. The maximum atomic E-state index is 6.07. The van der Waals surface area contributed by atoms with Crippen molar-refractivity contribution >= 4 is 21.7 Å². The predicted octanol–water partition coefficient (Wildman–Crippen LogP) is 4.97. The van der Waals surface area contributed by atoms with E-state index in [2.05, 4.69) is 41.4 Å². The van der Waals surface area contributed by atoms with Crippen LogP contribution in [0.15, 0.2) is 79.0 Å². The molecule has 4 aromatic rings. The molecule has 0 saturated carbocycles. The van der Waals surface area contributed by atoms with E-state index in [4.69, 9.17) is 4.74 Å². The maximum Gasteiger partial charge on any atom is 0.127 e. The Kier molecular flexibility index (Phi) is 3.20. The van der Waals surface area contributed by atoms with E-state index in [1.807, 2.05) is 42.6 Å². The molecular weight excluding hydrogens is 270 g/mol. The molecule has 106 valence electrons. The second-order valence-corrected chi connectivity index (χ2v) is 5.26. The number of benzene rings is 3. The van der Waals surface area contributed by atoms with Crippen molar-refractivity contribution in [3.8, 4) is 5.75 Å². The van der Waals surface area contributed by atoms with Gasteiger partial charge >= 0.3 is 0 Å². The fraction of sp³-hybridized carbons (Fsp3) is 0.0500. The summed E-state index contributed by atoms with van der Waals surface area (Å²) in [6.07, 6.45) is 1.82. The lowest BCUT2D eigenvalue weighted by Gasteiger charge is -2.10. The molecule has 0 bridgehead atoms. The van der Waals surface area contributed by atoms with E-state index in [1.54, 1.807) is 0 Å². The Hall–Kier alpha value is -2.87. The molecule has 0 atom stereocenters. The van der Waals surface area contributed by atoms with Crippen LogP contribution < -0.4 is 4.74 Å². The summed E-state index contributed by atoms with van der Waals surface area (Å²) in [7, 11) is 0. The number of ether oxygens (including phenoxy) is 1. The third kappa shape index (κ3) is 2.29. The van der Waals surface area contributed by atoms with E-state index in [0.717, 1.165) is 27.6 Å². The smallest absolute Gasteiger partial charge is 0.127 e. The topological polar surface area (TPSA) is 22.1 Å². The minimum atomic E-state index is 0.516. The summed E-state index contributed by atoms with van der Waals surface area (Å²) in [5.74, 6) is 0.908. The van der Waals surface area contributed by atoms with Crippen LogP contribution in [0.3, 0.4) is 0 Å². The number of hydrogen-bond acceptors (Lipinski definition) is 2. The van der Waals surface area contributed by atoms with Gasteiger partial charge in [0.25, 0.3) is 0 Å². The summed E-state index contributed by atoms with van der Waals surface area (Å²) in [4.78, 5) is 4.48. The Bertz CT molecular complexity index is 856. The van der Waals surface area contributed by atoms with Crippen LogP contribution in [-0.2, 0) is 6.61 Å². The highest BCUT2D eigenvalue weighted by Gasteiger charge is 2.05. The van der Waals surface area contributed by atoms with Gasteiger partial charge in [-0.15, -0.1) is 0 Å². The summed E-state index contributed by atoms with van der Waals surface area (Å²) in [6.45, 7) is 0.516. The first-order chi connectivity index (χ1) is 10.9. The summed E-state index contributed by atoms with van der Waals surface area (Å²) in [5, 5.41) is 3.47. The van der Waals surface area contributed by atoms with Gasteiger partial charge in [-0.1, -0.05) is 60.7 Å². The Balaban J connectivity index is 1.69. The molecule has 4 rings (SSSR count). The van der Waals surface area contributed by atoms with E-state index in [0.29, 0.717) is 6.61 Å². The molecule has 1 aromatic heterocycles. The quantitative estimate of drug-likeness (QED) is 0.530.